The molecule has 8 nitrogen and oxygen atoms in total. The number of nitrogens with zero attached hydrogens (tertiary/aromatic N) is 3. The van der Waals surface area contributed by atoms with Gasteiger partial charge in [-0.3, -0.25) is 14.7 Å². The molecule has 0 radical (unpaired) electrons. The molecule has 0 N–H and O–H groups in total. The number of ether oxygens (including phenoxy) is 4. The summed E-state index contributed by atoms with van der Waals surface area (Å²) in [5.41, 5.74) is 2.13. The molecule has 0 spiro atoms. The van der Waals surface area contributed by atoms with Crippen LogP contribution in [0, 0.1) is 5.92 Å². The summed E-state index contributed by atoms with van der Waals surface area (Å²) in [4.78, 5) is 21.8. The Labute approximate surface area is 208 Å². The van der Waals surface area contributed by atoms with Crippen LogP contribution < -0.4 is 14.2 Å². The number of benzene rings is 1. The van der Waals surface area contributed by atoms with E-state index in [2.05, 4.69) is 23.7 Å². The van der Waals surface area contributed by atoms with E-state index in [0.29, 0.717) is 51.8 Å². The van der Waals surface area contributed by atoms with Crippen LogP contribution in [-0.2, 0) is 22.6 Å². The number of hydrogen-bond donors (Lipinski definition) is 0. The van der Waals surface area contributed by atoms with Crippen LogP contribution >= 0.6 is 0 Å². The van der Waals surface area contributed by atoms with E-state index in [0.717, 1.165) is 47.9 Å². The average molecular weight is 484 g/mol. The number of carbonyl (C=O) groups is 1. The van der Waals surface area contributed by atoms with Crippen LogP contribution in [0.25, 0.3) is 0 Å². The van der Waals surface area contributed by atoms with Crippen LogP contribution in [-0.4, -0.2) is 73.4 Å². The molecule has 0 aliphatic carbocycles. The van der Waals surface area contributed by atoms with Crippen molar-refractivity contribution in [3.8, 4) is 17.2 Å². The molecule has 0 saturated carbocycles. The largest absolute Gasteiger partial charge is 0.495 e. The summed E-state index contributed by atoms with van der Waals surface area (Å²) < 4.78 is 23.0. The normalized spacial score (nSPS) is 18.2. The quantitative estimate of drug-likeness (QED) is 0.540. The molecule has 0 unspecified atom stereocenters. The Morgan fingerprint density at radius 3 is 2.83 bits per heavy atom. The van der Waals surface area contributed by atoms with Crippen molar-refractivity contribution >= 4 is 5.91 Å². The summed E-state index contributed by atoms with van der Waals surface area (Å²) in [6.45, 7) is 9.69. The second kappa shape index (κ2) is 12.2. The number of carbonyl (C=O) groups excluding carboxylic acids is 1. The highest BCUT2D eigenvalue weighted by atomic mass is 16.5. The lowest BCUT2D eigenvalue weighted by molar-refractivity contribution is -0.137. The maximum atomic E-state index is 13.4. The van der Waals surface area contributed by atoms with Crippen molar-refractivity contribution in [1.29, 1.82) is 0 Å². The number of rotatable bonds is 9. The molecule has 1 atom stereocenters. The second-order valence-electron chi connectivity index (χ2n) is 9.62. The lowest BCUT2D eigenvalue weighted by atomic mass is 10.1. The number of hydrogen-bond acceptors (Lipinski definition) is 7. The minimum Gasteiger partial charge on any atom is -0.495 e. The monoisotopic (exact) mass is 483 g/mol. The summed E-state index contributed by atoms with van der Waals surface area (Å²) in [6.07, 6.45) is 4.61. The topological polar surface area (TPSA) is 73.4 Å². The molecule has 1 saturated heterocycles. The Bertz CT molecular complexity index is 983. The molecule has 1 aromatic carbocycles. The van der Waals surface area contributed by atoms with Crippen molar-refractivity contribution in [3.05, 3.63) is 47.8 Å². The summed E-state index contributed by atoms with van der Waals surface area (Å²) in [6, 6.07) is 7.95. The van der Waals surface area contributed by atoms with Crippen LogP contribution in [0.3, 0.4) is 0 Å². The predicted octanol–water partition coefficient (Wildman–Crippen LogP) is 3.53. The van der Waals surface area contributed by atoms with Gasteiger partial charge in [-0.15, -0.1) is 0 Å². The van der Waals surface area contributed by atoms with Crippen LogP contribution in [0.4, 0.5) is 0 Å². The molecular formula is C27H37N3O5. The lowest BCUT2D eigenvalue weighted by Gasteiger charge is -2.34. The number of aromatic nitrogens is 1. The van der Waals surface area contributed by atoms with E-state index >= 15 is 0 Å². The van der Waals surface area contributed by atoms with Crippen LogP contribution in [0.2, 0.25) is 0 Å². The molecule has 2 aliphatic heterocycles. The van der Waals surface area contributed by atoms with Crippen LogP contribution in [0.1, 0.15) is 37.8 Å². The van der Waals surface area contributed by atoms with Gasteiger partial charge in [-0.05, 0) is 29.7 Å². The van der Waals surface area contributed by atoms with Gasteiger partial charge < -0.3 is 23.8 Å². The van der Waals surface area contributed by atoms with Gasteiger partial charge in [-0.2, -0.15) is 0 Å². The lowest BCUT2D eigenvalue weighted by Crippen LogP contribution is -2.45. The Morgan fingerprint density at radius 2 is 2.03 bits per heavy atom. The van der Waals surface area contributed by atoms with E-state index in [4.69, 9.17) is 18.9 Å². The molecule has 4 rings (SSSR count). The Kier molecular flexibility index (Phi) is 8.82. The smallest absolute Gasteiger partial charge is 0.225 e. The Morgan fingerprint density at radius 1 is 1.20 bits per heavy atom. The van der Waals surface area contributed by atoms with Gasteiger partial charge in [0, 0.05) is 50.9 Å². The molecule has 3 heterocycles. The minimum atomic E-state index is -0.137. The molecule has 1 amide bonds. The van der Waals surface area contributed by atoms with Gasteiger partial charge >= 0.3 is 0 Å². The van der Waals surface area contributed by atoms with Crippen molar-refractivity contribution in [3.63, 3.8) is 0 Å². The van der Waals surface area contributed by atoms with Crippen molar-refractivity contribution < 1.29 is 23.7 Å². The van der Waals surface area contributed by atoms with Gasteiger partial charge in [-0.25, -0.2) is 0 Å². The molecule has 0 bridgehead atoms. The predicted molar refractivity (Wildman–Crippen MR) is 133 cm³/mol. The third-order valence-corrected chi connectivity index (χ3v) is 6.23. The molecule has 2 aliphatic rings. The zero-order valence-corrected chi connectivity index (χ0v) is 21.1. The van der Waals surface area contributed by atoms with Gasteiger partial charge in [-0.1, -0.05) is 19.9 Å². The maximum absolute atomic E-state index is 13.4. The number of pyridine rings is 1. The van der Waals surface area contributed by atoms with Crippen molar-refractivity contribution in [2.75, 3.05) is 46.6 Å². The first-order valence-electron chi connectivity index (χ1n) is 12.5. The molecule has 35 heavy (non-hydrogen) atoms. The fourth-order valence-corrected chi connectivity index (χ4v) is 4.56. The van der Waals surface area contributed by atoms with Crippen molar-refractivity contribution in [1.82, 2.24) is 14.8 Å². The standard InChI is InChI=1S/C27H37N3O5/c1-20(2)16-30(17-21-5-6-24-25(13-21)35-11-4-10-34-24)27(31)14-23-19-29(9-12-33-23)18-22-7-8-28-15-26(22)32-3/h5-8,13,15,20,23H,4,9-12,14,16-19H2,1-3H3/t23-/m0/s1. The fourth-order valence-electron chi connectivity index (χ4n) is 4.56. The van der Waals surface area contributed by atoms with Gasteiger partial charge in [0.15, 0.2) is 11.5 Å². The van der Waals surface area contributed by atoms with Crippen LogP contribution in [0.15, 0.2) is 36.7 Å². The highest BCUT2D eigenvalue weighted by molar-refractivity contribution is 5.76. The second-order valence-corrected chi connectivity index (χ2v) is 9.62. The summed E-state index contributed by atoms with van der Waals surface area (Å²) in [5, 5.41) is 0. The van der Waals surface area contributed by atoms with Gasteiger partial charge in [0.05, 0.1) is 45.7 Å². The highest BCUT2D eigenvalue weighted by Crippen LogP contribution is 2.31. The van der Waals surface area contributed by atoms with E-state index in [9.17, 15) is 4.79 Å². The first kappa shape index (κ1) is 25.3. The number of amides is 1. The molecule has 8 heteroatoms. The minimum absolute atomic E-state index is 0.110. The first-order valence-corrected chi connectivity index (χ1v) is 12.5. The Balaban J connectivity index is 1.38. The van der Waals surface area contributed by atoms with E-state index < -0.39 is 0 Å². The fraction of sp³-hybridized carbons (Fsp3) is 0.556. The number of morpholine rings is 1. The van der Waals surface area contributed by atoms with E-state index in [-0.39, 0.29) is 12.0 Å². The number of fused-ring (bicyclic) bond motifs is 1. The van der Waals surface area contributed by atoms with Gasteiger partial charge in [0.25, 0.3) is 0 Å². The highest BCUT2D eigenvalue weighted by Gasteiger charge is 2.26. The number of methoxy groups -OCH3 is 1. The summed E-state index contributed by atoms with van der Waals surface area (Å²) >= 11 is 0. The van der Waals surface area contributed by atoms with Crippen molar-refractivity contribution in [2.24, 2.45) is 5.92 Å². The van der Waals surface area contributed by atoms with Gasteiger partial charge in [0.1, 0.15) is 5.75 Å². The molecule has 2 aromatic rings. The van der Waals surface area contributed by atoms with E-state index in [1.807, 2.05) is 29.2 Å². The average Bonchev–Trinajstić information content (AvgIpc) is 3.09. The molecule has 1 aromatic heterocycles. The maximum Gasteiger partial charge on any atom is 0.225 e. The Hall–Kier alpha value is -2.84. The molecular weight excluding hydrogens is 446 g/mol. The third-order valence-electron chi connectivity index (χ3n) is 6.23. The zero-order chi connectivity index (χ0) is 24.6. The molecule has 190 valence electrons. The van der Waals surface area contributed by atoms with Gasteiger partial charge in [0.2, 0.25) is 5.91 Å². The molecule has 1 fully saturated rings. The first-order chi connectivity index (χ1) is 17.0. The van der Waals surface area contributed by atoms with Crippen molar-refractivity contribution in [2.45, 2.75) is 45.9 Å². The third kappa shape index (κ3) is 7.08. The zero-order valence-electron chi connectivity index (χ0n) is 21.1. The summed E-state index contributed by atoms with van der Waals surface area (Å²) in [7, 11) is 1.66. The van der Waals surface area contributed by atoms with E-state index in [1.165, 1.54) is 0 Å². The summed E-state index contributed by atoms with van der Waals surface area (Å²) in [5.74, 6) is 2.79. The van der Waals surface area contributed by atoms with E-state index in [1.54, 1.807) is 19.5 Å². The van der Waals surface area contributed by atoms with Crippen LogP contribution in [0.5, 0.6) is 17.2 Å². The SMILES string of the molecule is COc1cnccc1CN1CCO[C@@H](CC(=O)N(Cc2ccc3c(c2)OCCCO3)CC(C)C)C1.